The summed E-state index contributed by atoms with van der Waals surface area (Å²) in [5.74, 6) is 1.65. The van der Waals surface area contributed by atoms with Crippen molar-refractivity contribution in [2.45, 2.75) is 32.1 Å². The van der Waals surface area contributed by atoms with Crippen LogP contribution in [0.15, 0.2) is 10.6 Å². The Morgan fingerprint density at radius 3 is 2.92 bits per heavy atom. The lowest BCUT2D eigenvalue weighted by Gasteiger charge is -2.32. The molecule has 0 saturated heterocycles. The Balaban J connectivity index is 2.17. The van der Waals surface area contributed by atoms with Crippen LogP contribution >= 0.6 is 15.9 Å². The molecule has 0 radical (unpaired) electrons. The molecule has 0 bridgehead atoms. The molecular formula is C10H13BrO. The Morgan fingerprint density at radius 1 is 1.33 bits per heavy atom. The van der Waals surface area contributed by atoms with E-state index in [-0.39, 0.29) is 0 Å². The van der Waals surface area contributed by atoms with Gasteiger partial charge in [-0.2, -0.15) is 0 Å². The molecule has 0 amide bonds. The van der Waals surface area contributed by atoms with E-state index in [0.717, 1.165) is 10.9 Å². The summed E-state index contributed by atoms with van der Waals surface area (Å²) in [6.07, 6.45) is 8.11. The van der Waals surface area contributed by atoms with Crippen LogP contribution in [0, 0.1) is 11.8 Å². The predicted octanol–water partition coefficient (Wildman–Crippen LogP) is 3.04. The molecule has 2 aliphatic carbocycles. The molecule has 0 aromatic carbocycles. The smallest absolute Gasteiger partial charge is 0.169 e. The van der Waals surface area contributed by atoms with Gasteiger partial charge in [-0.3, -0.25) is 4.79 Å². The molecule has 2 atom stereocenters. The summed E-state index contributed by atoms with van der Waals surface area (Å²) < 4.78 is 0.825. The monoisotopic (exact) mass is 228 g/mol. The third-order valence-electron chi connectivity index (χ3n) is 3.04. The second-order valence-corrected chi connectivity index (χ2v) is 4.70. The number of rotatable bonds is 0. The van der Waals surface area contributed by atoms with Crippen molar-refractivity contribution < 1.29 is 4.79 Å². The number of fused-ring (bicyclic) bond motifs is 1. The average molecular weight is 229 g/mol. The maximum absolute atomic E-state index is 11.3. The zero-order valence-electron chi connectivity index (χ0n) is 7.05. The topological polar surface area (TPSA) is 17.1 Å². The largest absolute Gasteiger partial charge is 0.294 e. The first-order chi connectivity index (χ1) is 5.77. The lowest BCUT2D eigenvalue weighted by molar-refractivity contribution is -0.116. The standard InChI is InChI=1S/C10H13BrO/c11-9-5-7-3-1-2-4-8(7)6-10(9)12/h5,7-8H,1-4,6H2/t7-,8-/m1/s1. The van der Waals surface area contributed by atoms with Gasteiger partial charge in [0.15, 0.2) is 5.78 Å². The molecule has 0 N–H and O–H groups in total. The normalized spacial score (nSPS) is 35.8. The number of ketones is 1. The minimum absolute atomic E-state index is 0.304. The van der Waals surface area contributed by atoms with Crippen molar-refractivity contribution in [3.63, 3.8) is 0 Å². The van der Waals surface area contributed by atoms with E-state index in [1.807, 2.05) is 0 Å². The Kier molecular flexibility index (Phi) is 2.35. The maximum Gasteiger partial charge on any atom is 0.169 e. The highest BCUT2D eigenvalue weighted by molar-refractivity contribution is 9.12. The van der Waals surface area contributed by atoms with Crippen molar-refractivity contribution in [2.24, 2.45) is 11.8 Å². The average Bonchev–Trinajstić information content (AvgIpc) is 2.07. The zero-order valence-corrected chi connectivity index (χ0v) is 8.64. The van der Waals surface area contributed by atoms with E-state index in [1.54, 1.807) is 0 Å². The fourth-order valence-corrected chi connectivity index (χ4v) is 2.83. The molecule has 0 aromatic rings. The molecule has 0 heterocycles. The van der Waals surface area contributed by atoms with E-state index in [9.17, 15) is 4.79 Å². The summed E-state index contributed by atoms with van der Waals surface area (Å²) in [5, 5.41) is 0. The van der Waals surface area contributed by atoms with Gasteiger partial charge in [-0.25, -0.2) is 0 Å². The number of allylic oxidation sites excluding steroid dienone is 2. The van der Waals surface area contributed by atoms with E-state index >= 15 is 0 Å². The van der Waals surface area contributed by atoms with Gasteiger partial charge in [0.2, 0.25) is 0 Å². The van der Waals surface area contributed by atoms with Crippen molar-refractivity contribution >= 4 is 21.7 Å². The molecule has 2 aliphatic rings. The van der Waals surface area contributed by atoms with Gasteiger partial charge in [0.05, 0.1) is 4.48 Å². The molecular weight excluding hydrogens is 216 g/mol. The number of halogens is 1. The highest BCUT2D eigenvalue weighted by Crippen LogP contribution is 2.38. The van der Waals surface area contributed by atoms with Crippen LogP contribution in [0.1, 0.15) is 32.1 Å². The lowest BCUT2D eigenvalue weighted by Crippen LogP contribution is -2.25. The summed E-state index contributed by atoms with van der Waals surface area (Å²) in [7, 11) is 0. The van der Waals surface area contributed by atoms with Gasteiger partial charge in [-0.1, -0.05) is 18.9 Å². The number of Topliss-reactive ketones (excluding diaryl/α,β-unsaturated/α-hetero) is 1. The van der Waals surface area contributed by atoms with Crippen molar-refractivity contribution in [3.05, 3.63) is 10.6 Å². The van der Waals surface area contributed by atoms with Crippen LogP contribution in [0.3, 0.4) is 0 Å². The van der Waals surface area contributed by atoms with Gasteiger partial charge in [0.25, 0.3) is 0 Å². The summed E-state index contributed by atoms with van der Waals surface area (Å²) in [4.78, 5) is 11.3. The summed E-state index contributed by atoms with van der Waals surface area (Å²) >= 11 is 3.33. The second-order valence-electron chi connectivity index (χ2n) is 3.85. The highest BCUT2D eigenvalue weighted by atomic mass is 79.9. The number of hydrogen-bond donors (Lipinski definition) is 0. The molecule has 0 spiro atoms. The zero-order chi connectivity index (χ0) is 8.55. The third kappa shape index (κ3) is 1.49. The van der Waals surface area contributed by atoms with Gasteiger partial charge < -0.3 is 0 Å². The van der Waals surface area contributed by atoms with Crippen LogP contribution in [-0.2, 0) is 4.79 Å². The van der Waals surface area contributed by atoms with E-state index < -0.39 is 0 Å². The number of carbonyl (C=O) groups excluding carboxylic acids is 1. The van der Waals surface area contributed by atoms with E-state index in [0.29, 0.717) is 17.6 Å². The van der Waals surface area contributed by atoms with E-state index in [2.05, 4.69) is 22.0 Å². The number of carbonyl (C=O) groups is 1. The summed E-state index contributed by atoms with van der Waals surface area (Å²) in [6.45, 7) is 0. The van der Waals surface area contributed by atoms with Gasteiger partial charge in [-0.15, -0.1) is 0 Å². The molecule has 0 aromatic heterocycles. The molecule has 66 valence electrons. The van der Waals surface area contributed by atoms with Gasteiger partial charge >= 0.3 is 0 Å². The first kappa shape index (κ1) is 8.49. The van der Waals surface area contributed by atoms with Crippen LogP contribution in [0.5, 0.6) is 0 Å². The minimum Gasteiger partial charge on any atom is -0.294 e. The van der Waals surface area contributed by atoms with Crippen LogP contribution < -0.4 is 0 Å². The predicted molar refractivity (Wildman–Crippen MR) is 52.1 cm³/mol. The SMILES string of the molecule is O=C1C[C@H]2CCCC[C@@H]2C=C1Br. The van der Waals surface area contributed by atoms with Gasteiger partial charge in [0, 0.05) is 6.42 Å². The van der Waals surface area contributed by atoms with Crippen molar-refractivity contribution in [2.75, 3.05) is 0 Å². The highest BCUT2D eigenvalue weighted by Gasteiger charge is 2.30. The molecule has 2 heteroatoms. The van der Waals surface area contributed by atoms with E-state index in [1.165, 1.54) is 25.7 Å². The van der Waals surface area contributed by atoms with Crippen LogP contribution in [0.25, 0.3) is 0 Å². The molecule has 1 fully saturated rings. The first-order valence-electron chi connectivity index (χ1n) is 4.68. The van der Waals surface area contributed by atoms with Gasteiger partial charge in [-0.05, 0) is 40.6 Å². The van der Waals surface area contributed by atoms with Crippen LogP contribution in [0.4, 0.5) is 0 Å². The molecule has 1 saturated carbocycles. The second kappa shape index (κ2) is 3.33. The quantitative estimate of drug-likeness (QED) is 0.623. The summed E-state index contributed by atoms with van der Waals surface area (Å²) in [5.41, 5.74) is 0. The molecule has 2 rings (SSSR count). The Hall–Kier alpha value is -0.110. The van der Waals surface area contributed by atoms with Crippen LogP contribution in [-0.4, -0.2) is 5.78 Å². The Bertz CT molecular complexity index is 232. The summed E-state index contributed by atoms with van der Waals surface area (Å²) in [6, 6.07) is 0. The molecule has 0 aliphatic heterocycles. The Morgan fingerprint density at radius 2 is 2.08 bits per heavy atom. The minimum atomic E-state index is 0.304. The van der Waals surface area contributed by atoms with Crippen molar-refractivity contribution in [1.29, 1.82) is 0 Å². The lowest BCUT2D eigenvalue weighted by atomic mass is 9.74. The fourth-order valence-electron chi connectivity index (χ4n) is 2.33. The van der Waals surface area contributed by atoms with Gasteiger partial charge in [0.1, 0.15) is 0 Å². The Labute approximate surface area is 81.4 Å². The third-order valence-corrected chi connectivity index (χ3v) is 3.75. The molecule has 1 nitrogen and oxygen atoms in total. The molecule has 0 unspecified atom stereocenters. The van der Waals surface area contributed by atoms with E-state index in [4.69, 9.17) is 0 Å². The fraction of sp³-hybridized carbons (Fsp3) is 0.700. The van der Waals surface area contributed by atoms with Crippen molar-refractivity contribution in [1.82, 2.24) is 0 Å². The first-order valence-corrected chi connectivity index (χ1v) is 5.47. The molecule has 12 heavy (non-hydrogen) atoms. The van der Waals surface area contributed by atoms with Crippen LogP contribution in [0.2, 0.25) is 0 Å². The van der Waals surface area contributed by atoms with Crippen molar-refractivity contribution in [3.8, 4) is 0 Å². The maximum atomic E-state index is 11.3. The number of hydrogen-bond acceptors (Lipinski definition) is 1.